The van der Waals surface area contributed by atoms with Gasteiger partial charge in [0.25, 0.3) is 5.22 Å². The van der Waals surface area contributed by atoms with E-state index in [0.717, 1.165) is 36.8 Å². The summed E-state index contributed by atoms with van der Waals surface area (Å²) in [7, 11) is 0. The monoisotopic (exact) mass is 410 g/mol. The van der Waals surface area contributed by atoms with E-state index in [1.807, 2.05) is 30.3 Å². The second-order valence-corrected chi connectivity index (χ2v) is 8.52. The van der Waals surface area contributed by atoms with Crippen molar-refractivity contribution in [1.82, 2.24) is 10.2 Å². The van der Waals surface area contributed by atoms with Gasteiger partial charge in [-0.05, 0) is 36.8 Å². The highest BCUT2D eigenvalue weighted by molar-refractivity contribution is 7.99. The van der Waals surface area contributed by atoms with Crippen LogP contribution in [0, 0.1) is 11.3 Å². The Morgan fingerprint density at radius 2 is 2.07 bits per heavy atom. The number of hydrogen-bond donors (Lipinski definition) is 1. The molecule has 0 aliphatic heterocycles. The molecule has 1 aromatic carbocycles. The number of benzene rings is 1. The molecule has 4 rings (SSSR count). The molecule has 1 N–H and O–H groups in total. The molecule has 0 saturated heterocycles. The van der Waals surface area contributed by atoms with Crippen LogP contribution in [0.15, 0.2) is 40.0 Å². The molecule has 0 spiro atoms. The van der Waals surface area contributed by atoms with Gasteiger partial charge < -0.3 is 9.73 Å². The molecule has 1 aliphatic carbocycles. The number of thioether (sulfide) groups is 1. The summed E-state index contributed by atoms with van der Waals surface area (Å²) in [5.41, 5.74) is 2.83. The van der Waals surface area contributed by atoms with E-state index in [0.29, 0.717) is 28.1 Å². The molecule has 1 aliphatic rings. The van der Waals surface area contributed by atoms with Gasteiger partial charge in [-0.15, -0.1) is 21.5 Å². The molecule has 0 saturated carbocycles. The number of thiophene rings is 1. The Morgan fingerprint density at radius 3 is 2.89 bits per heavy atom. The van der Waals surface area contributed by atoms with Crippen LogP contribution in [-0.4, -0.2) is 21.9 Å². The van der Waals surface area contributed by atoms with Crippen molar-refractivity contribution in [3.63, 3.8) is 0 Å². The van der Waals surface area contributed by atoms with Crippen LogP contribution >= 0.6 is 23.1 Å². The van der Waals surface area contributed by atoms with Gasteiger partial charge in [0.2, 0.25) is 11.8 Å². The second-order valence-electron chi connectivity index (χ2n) is 6.49. The Morgan fingerprint density at radius 1 is 1.25 bits per heavy atom. The first-order valence-corrected chi connectivity index (χ1v) is 10.9. The number of aryl methyl sites for hydroxylation is 1. The molecule has 0 unspecified atom stereocenters. The third-order valence-corrected chi connectivity index (χ3v) is 6.53. The Bertz CT molecular complexity index is 1020. The van der Waals surface area contributed by atoms with Crippen LogP contribution in [0.1, 0.15) is 40.3 Å². The fourth-order valence-electron chi connectivity index (χ4n) is 3.20. The topological polar surface area (TPSA) is 91.8 Å². The maximum atomic E-state index is 12.3. The van der Waals surface area contributed by atoms with Gasteiger partial charge >= 0.3 is 0 Å². The van der Waals surface area contributed by atoms with Gasteiger partial charge in [-0.3, -0.25) is 4.79 Å². The Kier molecular flexibility index (Phi) is 5.74. The van der Waals surface area contributed by atoms with Crippen molar-refractivity contribution >= 4 is 34.0 Å². The Hall–Kier alpha value is -2.63. The first-order chi connectivity index (χ1) is 13.7. The molecule has 0 bridgehead atoms. The number of carbonyl (C=O) groups is 1. The number of nitrogens with zero attached hydrogens (tertiary/aromatic N) is 3. The van der Waals surface area contributed by atoms with E-state index in [2.05, 4.69) is 21.6 Å². The zero-order valence-electron chi connectivity index (χ0n) is 15.1. The molecule has 2 heterocycles. The van der Waals surface area contributed by atoms with E-state index >= 15 is 0 Å². The molecule has 28 heavy (non-hydrogen) atoms. The lowest BCUT2D eigenvalue weighted by atomic mass is 9.96. The summed E-state index contributed by atoms with van der Waals surface area (Å²) in [6.45, 7) is 0. The van der Waals surface area contributed by atoms with E-state index in [-0.39, 0.29) is 11.7 Å². The van der Waals surface area contributed by atoms with E-state index in [1.165, 1.54) is 28.0 Å². The maximum absolute atomic E-state index is 12.3. The third-order valence-electron chi connectivity index (χ3n) is 4.51. The number of carbonyl (C=O) groups excluding carboxylic acids is 1. The van der Waals surface area contributed by atoms with Crippen LogP contribution in [0.4, 0.5) is 5.00 Å². The number of hydrogen-bond acceptors (Lipinski definition) is 7. The lowest BCUT2D eigenvalue weighted by molar-refractivity contribution is -0.113. The summed E-state index contributed by atoms with van der Waals surface area (Å²) >= 11 is 2.72. The van der Waals surface area contributed by atoms with Crippen molar-refractivity contribution in [2.75, 3.05) is 11.1 Å². The van der Waals surface area contributed by atoms with Crippen molar-refractivity contribution in [3.8, 4) is 6.07 Å². The number of rotatable bonds is 6. The van der Waals surface area contributed by atoms with Crippen LogP contribution in [0.25, 0.3) is 0 Å². The Labute approximate surface area is 171 Å². The van der Waals surface area contributed by atoms with E-state index in [4.69, 9.17) is 4.42 Å². The van der Waals surface area contributed by atoms with Crippen molar-refractivity contribution < 1.29 is 9.21 Å². The average molecular weight is 411 g/mol. The van der Waals surface area contributed by atoms with Gasteiger partial charge in [0.15, 0.2) is 0 Å². The average Bonchev–Trinajstić information content (AvgIpc) is 3.30. The summed E-state index contributed by atoms with van der Waals surface area (Å²) in [6, 6.07) is 12.1. The standard InChI is InChI=1S/C20H18N4O2S2/c21-11-15-14-8-4-5-9-16(14)28-19(15)22-17(25)12-27-20-24-23-18(26-20)10-13-6-2-1-3-7-13/h1-3,6-7H,4-5,8-10,12H2,(H,22,25). The number of anilines is 1. The third kappa shape index (κ3) is 4.26. The van der Waals surface area contributed by atoms with Crippen molar-refractivity contribution in [2.45, 2.75) is 37.3 Å². The summed E-state index contributed by atoms with van der Waals surface area (Å²) in [5.74, 6) is 0.496. The largest absolute Gasteiger partial charge is 0.416 e. The highest BCUT2D eigenvalue weighted by Crippen LogP contribution is 2.37. The van der Waals surface area contributed by atoms with Gasteiger partial charge in [0, 0.05) is 4.88 Å². The van der Waals surface area contributed by atoms with Crippen molar-refractivity contribution in [1.29, 1.82) is 5.26 Å². The molecule has 6 nitrogen and oxygen atoms in total. The molecule has 142 valence electrons. The number of aromatic nitrogens is 2. The SMILES string of the molecule is N#Cc1c(NC(=O)CSc2nnc(Cc3ccccc3)o2)sc2c1CCCC2. The fraction of sp³-hybridized carbons (Fsp3) is 0.300. The molecular weight excluding hydrogens is 392 g/mol. The minimum absolute atomic E-state index is 0.153. The quantitative estimate of drug-likeness (QED) is 0.612. The van der Waals surface area contributed by atoms with Crippen LogP contribution in [0.2, 0.25) is 0 Å². The van der Waals surface area contributed by atoms with E-state index < -0.39 is 0 Å². The van der Waals surface area contributed by atoms with Gasteiger partial charge in [0.1, 0.15) is 11.1 Å². The zero-order valence-corrected chi connectivity index (χ0v) is 16.7. The molecular formula is C20H18N4O2S2. The highest BCUT2D eigenvalue weighted by atomic mass is 32.2. The first kappa shape index (κ1) is 18.7. The van der Waals surface area contributed by atoms with Crippen molar-refractivity contribution in [2.24, 2.45) is 0 Å². The van der Waals surface area contributed by atoms with Gasteiger partial charge in [-0.1, -0.05) is 42.1 Å². The van der Waals surface area contributed by atoms with Crippen molar-refractivity contribution in [3.05, 3.63) is 57.8 Å². The molecule has 2 aromatic heterocycles. The van der Waals surface area contributed by atoms with Crippen LogP contribution in [0.3, 0.4) is 0 Å². The van der Waals surface area contributed by atoms with Gasteiger partial charge in [-0.2, -0.15) is 5.26 Å². The summed E-state index contributed by atoms with van der Waals surface area (Å²) in [6.07, 6.45) is 4.72. The number of nitrogens with one attached hydrogen (secondary N) is 1. The van der Waals surface area contributed by atoms with Gasteiger partial charge in [-0.25, -0.2) is 0 Å². The normalized spacial score (nSPS) is 13.0. The Balaban J connectivity index is 1.34. The predicted octanol–water partition coefficient (Wildman–Crippen LogP) is 4.20. The minimum atomic E-state index is -0.178. The van der Waals surface area contributed by atoms with Gasteiger partial charge in [0.05, 0.1) is 17.7 Å². The zero-order chi connectivity index (χ0) is 19.3. The van der Waals surface area contributed by atoms with Crippen LogP contribution in [0.5, 0.6) is 0 Å². The minimum Gasteiger partial charge on any atom is -0.416 e. The molecule has 3 aromatic rings. The number of fused-ring (bicyclic) bond motifs is 1. The molecule has 1 amide bonds. The number of amides is 1. The summed E-state index contributed by atoms with van der Waals surface area (Å²) in [4.78, 5) is 13.6. The molecule has 0 fully saturated rings. The lowest BCUT2D eigenvalue weighted by Gasteiger charge is -2.09. The van der Waals surface area contributed by atoms with Crippen LogP contribution < -0.4 is 5.32 Å². The fourth-order valence-corrected chi connectivity index (χ4v) is 5.04. The molecule has 0 radical (unpaired) electrons. The van der Waals surface area contributed by atoms with E-state index in [1.54, 1.807) is 0 Å². The molecule has 8 heteroatoms. The highest BCUT2D eigenvalue weighted by Gasteiger charge is 2.22. The smallest absolute Gasteiger partial charge is 0.277 e. The lowest BCUT2D eigenvalue weighted by Crippen LogP contribution is -2.14. The van der Waals surface area contributed by atoms with E-state index in [9.17, 15) is 10.1 Å². The molecule has 0 atom stereocenters. The summed E-state index contributed by atoms with van der Waals surface area (Å²) < 4.78 is 5.61. The maximum Gasteiger partial charge on any atom is 0.277 e. The first-order valence-electron chi connectivity index (χ1n) is 9.06. The van der Waals surface area contributed by atoms with Crippen LogP contribution in [-0.2, 0) is 24.1 Å². The predicted molar refractivity (Wildman–Crippen MR) is 109 cm³/mol. The summed E-state index contributed by atoms with van der Waals surface area (Å²) in [5, 5.41) is 21.4. The number of nitriles is 1. The second kappa shape index (κ2) is 8.59.